The molecule has 2 atom stereocenters. The number of methoxy groups -OCH3 is 1. The van der Waals surface area contributed by atoms with E-state index in [1.807, 2.05) is 10.6 Å². The Hall–Kier alpha value is -3.78. The number of anilines is 2. The van der Waals surface area contributed by atoms with Gasteiger partial charge in [-0.15, -0.1) is 0 Å². The number of nitriles is 1. The van der Waals surface area contributed by atoms with Crippen LogP contribution in [0.5, 0.6) is 5.75 Å². The predicted molar refractivity (Wildman–Crippen MR) is 109 cm³/mol. The third-order valence-corrected chi connectivity index (χ3v) is 5.13. The van der Waals surface area contributed by atoms with Crippen LogP contribution in [0.15, 0.2) is 24.4 Å². The Balaban J connectivity index is 1.65. The highest BCUT2D eigenvalue weighted by Crippen LogP contribution is 2.36. The molecule has 162 valence electrons. The van der Waals surface area contributed by atoms with Gasteiger partial charge in [0.25, 0.3) is 0 Å². The topological polar surface area (TPSA) is 145 Å². The molecule has 1 saturated heterocycles. The zero-order chi connectivity index (χ0) is 22.0. The van der Waals surface area contributed by atoms with E-state index in [2.05, 4.69) is 16.4 Å². The lowest BCUT2D eigenvalue weighted by Gasteiger charge is -2.17. The zero-order valence-electron chi connectivity index (χ0n) is 16.9. The minimum atomic E-state index is -0.680. The van der Waals surface area contributed by atoms with E-state index < -0.39 is 18.0 Å². The van der Waals surface area contributed by atoms with Gasteiger partial charge in [-0.25, -0.2) is 9.78 Å². The number of amides is 2. The molecule has 11 nitrogen and oxygen atoms in total. The molecule has 2 amide bonds. The normalized spacial score (nSPS) is 18.1. The molecule has 3 N–H and O–H groups in total. The predicted octanol–water partition coefficient (Wildman–Crippen LogP) is 1.09. The molecule has 0 saturated carbocycles. The lowest BCUT2D eigenvalue weighted by molar-refractivity contribution is -0.119. The number of carbonyl (C=O) groups excluding carboxylic acids is 2. The van der Waals surface area contributed by atoms with Crippen molar-refractivity contribution in [3.8, 4) is 23.2 Å². The first kappa shape index (κ1) is 20.5. The van der Waals surface area contributed by atoms with Crippen LogP contribution < -0.4 is 20.7 Å². The van der Waals surface area contributed by atoms with Crippen LogP contribution in [0.1, 0.15) is 6.42 Å². The van der Waals surface area contributed by atoms with Gasteiger partial charge in [-0.3, -0.25) is 9.69 Å². The SMILES string of the molecule is COC[C@H](Nc1ccc2c(c1)OCCn1cc(N3C(=O)OC[C@H]3CC#N)nc1-2)C(N)=O. The van der Waals surface area contributed by atoms with Crippen molar-refractivity contribution in [3.63, 3.8) is 0 Å². The van der Waals surface area contributed by atoms with Crippen molar-refractivity contribution in [2.24, 2.45) is 5.73 Å². The number of benzene rings is 1. The Morgan fingerprint density at radius 1 is 1.48 bits per heavy atom. The summed E-state index contributed by atoms with van der Waals surface area (Å²) in [7, 11) is 1.49. The number of carbonyl (C=O) groups is 2. The fourth-order valence-electron chi connectivity index (χ4n) is 3.63. The highest BCUT2D eigenvalue weighted by molar-refractivity contribution is 5.89. The van der Waals surface area contributed by atoms with Gasteiger partial charge < -0.3 is 29.8 Å². The van der Waals surface area contributed by atoms with Gasteiger partial charge in [-0.1, -0.05) is 0 Å². The lowest BCUT2D eigenvalue weighted by atomic mass is 10.1. The molecule has 0 unspecified atom stereocenters. The van der Waals surface area contributed by atoms with Crippen molar-refractivity contribution in [2.45, 2.75) is 25.0 Å². The Labute approximate surface area is 178 Å². The number of nitrogens with zero attached hydrogens (tertiary/aromatic N) is 4. The quantitative estimate of drug-likeness (QED) is 0.669. The third kappa shape index (κ3) is 3.97. The molecule has 0 aliphatic carbocycles. The molecule has 1 aromatic carbocycles. The van der Waals surface area contributed by atoms with E-state index in [-0.39, 0.29) is 25.7 Å². The van der Waals surface area contributed by atoms with Crippen molar-refractivity contribution in [2.75, 3.05) is 37.1 Å². The third-order valence-electron chi connectivity index (χ3n) is 5.13. The average Bonchev–Trinajstić information content (AvgIpc) is 3.26. The van der Waals surface area contributed by atoms with E-state index in [0.717, 1.165) is 5.56 Å². The number of hydrogen-bond donors (Lipinski definition) is 2. The largest absolute Gasteiger partial charge is 0.491 e. The highest BCUT2D eigenvalue weighted by atomic mass is 16.6. The number of nitrogens with one attached hydrogen (secondary N) is 1. The summed E-state index contributed by atoms with van der Waals surface area (Å²) in [5.74, 6) is 1.12. The molecule has 2 aliphatic rings. The van der Waals surface area contributed by atoms with Crippen molar-refractivity contribution < 1.29 is 23.8 Å². The number of rotatable bonds is 7. The summed E-state index contributed by atoms with van der Waals surface area (Å²) >= 11 is 0. The van der Waals surface area contributed by atoms with E-state index >= 15 is 0 Å². The number of ether oxygens (including phenoxy) is 3. The van der Waals surface area contributed by atoms with Crippen LogP contribution in [0.4, 0.5) is 16.3 Å². The summed E-state index contributed by atoms with van der Waals surface area (Å²) in [6.07, 6.45) is 1.41. The number of fused-ring (bicyclic) bond motifs is 3. The van der Waals surface area contributed by atoms with E-state index in [0.29, 0.717) is 36.2 Å². The summed E-state index contributed by atoms with van der Waals surface area (Å²) in [6.45, 7) is 1.21. The van der Waals surface area contributed by atoms with Gasteiger partial charge in [-0.05, 0) is 12.1 Å². The fourth-order valence-corrected chi connectivity index (χ4v) is 3.63. The summed E-state index contributed by atoms with van der Waals surface area (Å²) in [4.78, 5) is 29.9. The Bertz CT molecular complexity index is 1050. The van der Waals surface area contributed by atoms with E-state index in [4.69, 9.17) is 25.2 Å². The smallest absolute Gasteiger partial charge is 0.416 e. The van der Waals surface area contributed by atoms with Crippen molar-refractivity contribution in [3.05, 3.63) is 24.4 Å². The standard InChI is InChI=1S/C20H22N6O5/c1-29-11-15(18(22)27)23-12-2-3-14-16(8-12)30-7-6-25-9-17(24-19(14)25)26-13(4-5-21)10-31-20(26)28/h2-3,8-9,13,15,23H,4,6-7,10-11H2,1H3,(H2,22,27)/t13-,15+/m1/s1. The molecule has 1 aromatic heterocycles. The van der Waals surface area contributed by atoms with E-state index in [1.54, 1.807) is 18.3 Å². The van der Waals surface area contributed by atoms with Crippen molar-refractivity contribution in [1.29, 1.82) is 5.26 Å². The van der Waals surface area contributed by atoms with Gasteiger partial charge in [0.15, 0.2) is 5.82 Å². The highest BCUT2D eigenvalue weighted by Gasteiger charge is 2.36. The summed E-state index contributed by atoms with van der Waals surface area (Å²) in [5, 5.41) is 12.1. The average molecular weight is 426 g/mol. The summed E-state index contributed by atoms with van der Waals surface area (Å²) in [5.41, 5.74) is 6.80. The van der Waals surface area contributed by atoms with Crippen LogP contribution in [0.2, 0.25) is 0 Å². The second-order valence-corrected chi connectivity index (χ2v) is 7.19. The maximum Gasteiger partial charge on any atom is 0.416 e. The molecular weight excluding hydrogens is 404 g/mol. The molecule has 0 spiro atoms. The molecule has 2 aromatic rings. The minimum Gasteiger partial charge on any atom is -0.491 e. The summed E-state index contributed by atoms with van der Waals surface area (Å²) in [6, 6.07) is 6.42. The molecule has 11 heteroatoms. The van der Waals surface area contributed by atoms with Gasteiger partial charge in [0, 0.05) is 25.1 Å². The monoisotopic (exact) mass is 426 g/mol. The van der Waals surface area contributed by atoms with Gasteiger partial charge in [0.2, 0.25) is 5.91 Å². The fraction of sp³-hybridized carbons (Fsp3) is 0.400. The molecule has 2 aliphatic heterocycles. The van der Waals surface area contributed by atoms with Gasteiger partial charge in [0.1, 0.15) is 30.8 Å². The number of primary amides is 1. The molecule has 3 heterocycles. The zero-order valence-corrected chi connectivity index (χ0v) is 16.9. The van der Waals surface area contributed by atoms with Gasteiger partial charge >= 0.3 is 6.09 Å². The number of aromatic nitrogens is 2. The molecule has 31 heavy (non-hydrogen) atoms. The van der Waals surface area contributed by atoms with Crippen LogP contribution in [-0.4, -0.2) is 60.6 Å². The first-order valence-corrected chi connectivity index (χ1v) is 9.74. The lowest BCUT2D eigenvalue weighted by Crippen LogP contribution is -2.38. The minimum absolute atomic E-state index is 0.136. The number of cyclic esters (lactones) is 1. The number of imidazole rings is 1. The van der Waals surface area contributed by atoms with Crippen LogP contribution in [0, 0.1) is 11.3 Å². The number of hydrogen-bond acceptors (Lipinski definition) is 8. The van der Waals surface area contributed by atoms with E-state index in [9.17, 15) is 9.59 Å². The van der Waals surface area contributed by atoms with E-state index in [1.165, 1.54) is 12.0 Å². The number of nitrogens with two attached hydrogens (primary N) is 1. The first-order valence-electron chi connectivity index (χ1n) is 9.74. The van der Waals surface area contributed by atoms with Crippen molar-refractivity contribution in [1.82, 2.24) is 9.55 Å². The molecule has 1 fully saturated rings. The molecule has 4 rings (SSSR count). The van der Waals surface area contributed by atoms with Crippen LogP contribution in [0.25, 0.3) is 11.4 Å². The Kier molecular flexibility index (Phi) is 5.64. The Morgan fingerprint density at radius 2 is 2.32 bits per heavy atom. The van der Waals surface area contributed by atoms with Crippen LogP contribution in [-0.2, 0) is 20.8 Å². The van der Waals surface area contributed by atoms with Crippen LogP contribution in [0.3, 0.4) is 0 Å². The maximum absolute atomic E-state index is 12.2. The van der Waals surface area contributed by atoms with Crippen LogP contribution >= 0.6 is 0 Å². The second kappa shape index (κ2) is 8.53. The molecule has 0 bridgehead atoms. The Morgan fingerprint density at radius 3 is 3.06 bits per heavy atom. The summed E-state index contributed by atoms with van der Waals surface area (Å²) < 4.78 is 17.9. The molecule has 0 radical (unpaired) electrons. The first-order chi connectivity index (χ1) is 15.0. The molecular formula is C20H22N6O5. The van der Waals surface area contributed by atoms with Gasteiger partial charge in [0.05, 0.1) is 37.2 Å². The maximum atomic E-state index is 12.2. The van der Waals surface area contributed by atoms with Gasteiger partial charge in [-0.2, -0.15) is 5.26 Å². The second-order valence-electron chi connectivity index (χ2n) is 7.19. The van der Waals surface area contributed by atoms with Crippen molar-refractivity contribution >= 4 is 23.5 Å².